The van der Waals surface area contributed by atoms with E-state index in [0.29, 0.717) is 18.0 Å². The van der Waals surface area contributed by atoms with Gasteiger partial charge in [-0.3, -0.25) is 9.78 Å². The SMILES string of the molecule is CC(C)CC(C)(CN)NC(=O)c1ccncc1.Cl.Cl. The van der Waals surface area contributed by atoms with Crippen molar-refractivity contribution in [2.45, 2.75) is 32.7 Å². The molecule has 4 nitrogen and oxygen atoms in total. The fourth-order valence-corrected chi connectivity index (χ4v) is 1.94. The van der Waals surface area contributed by atoms with Gasteiger partial charge in [-0.05, 0) is 31.4 Å². The second-order valence-electron chi connectivity index (χ2n) is 5.05. The Balaban J connectivity index is 0. The van der Waals surface area contributed by atoms with Gasteiger partial charge in [-0.15, -0.1) is 24.8 Å². The highest BCUT2D eigenvalue weighted by Crippen LogP contribution is 2.16. The van der Waals surface area contributed by atoms with Crippen molar-refractivity contribution in [1.29, 1.82) is 0 Å². The molecule has 0 aliphatic heterocycles. The van der Waals surface area contributed by atoms with Crippen LogP contribution in [0.25, 0.3) is 0 Å². The van der Waals surface area contributed by atoms with E-state index in [1.807, 2.05) is 6.92 Å². The highest BCUT2D eigenvalue weighted by Gasteiger charge is 2.26. The second kappa shape index (κ2) is 9.13. The van der Waals surface area contributed by atoms with Gasteiger partial charge in [0, 0.05) is 30.0 Å². The molecule has 0 saturated carbocycles. The lowest BCUT2D eigenvalue weighted by molar-refractivity contribution is 0.0898. The van der Waals surface area contributed by atoms with Crippen LogP contribution in [0.2, 0.25) is 0 Å². The first-order chi connectivity index (χ1) is 7.97. The Morgan fingerprint density at radius 3 is 2.32 bits per heavy atom. The quantitative estimate of drug-likeness (QED) is 0.878. The van der Waals surface area contributed by atoms with Gasteiger partial charge in [0.1, 0.15) is 0 Å². The summed E-state index contributed by atoms with van der Waals surface area (Å²) in [6.45, 7) is 6.65. The Kier molecular flexibility index (Phi) is 9.84. The normalized spacial score (nSPS) is 12.9. The van der Waals surface area contributed by atoms with Crippen LogP contribution in [0.15, 0.2) is 24.5 Å². The molecule has 1 aromatic rings. The highest BCUT2D eigenvalue weighted by atomic mass is 35.5. The molecular weight excluding hydrogens is 285 g/mol. The van der Waals surface area contributed by atoms with Crippen LogP contribution >= 0.6 is 24.8 Å². The maximum Gasteiger partial charge on any atom is 0.251 e. The molecule has 1 atom stereocenters. The van der Waals surface area contributed by atoms with Gasteiger partial charge in [-0.1, -0.05) is 13.8 Å². The smallest absolute Gasteiger partial charge is 0.251 e. The van der Waals surface area contributed by atoms with E-state index >= 15 is 0 Å². The Morgan fingerprint density at radius 1 is 1.37 bits per heavy atom. The fourth-order valence-electron chi connectivity index (χ4n) is 1.94. The van der Waals surface area contributed by atoms with Gasteiger partial charge < -0.3 is 11.1 Å². The summed E-state index contributed by atoms with van der Waals surface area (Å²) in [5.74, 6) is 0.391. The van der Waals surface area contributed by atoms with E-state index in [0.717, 1.165) is 6.42 Å². The van der Waals surface area contributed by atoms with Crippen LogP contribution in [0.3, 0.4) is 0 Å². The van der Waals surface area contributed by atoms with Crippen molar-refractivity contribution >= 4 is 30.7 Å². The zero-order valence-electron chi connectivity index (χ0n) is 11.6. The van der Waals surface area contributed by atoms with E-state index in [9.17, 15) is 4.79 Å². The summed E-state index contributed by atoms with van der Waals surface area (Å²) >= 11 is 0. The number of amides is 1. The molecule has 0 aliphatic rings. The number of pyridine rings is 1. The van der Waals surface area contributed by atoms with E-state index in [4.69, 9.17) is 5.73 Å². The van der Waals surface area contributed by atoms with Crippen molar-refractivity contribution in [3.8, 4) is 0 Å². The average Bonchev–Trinajstić information content (AvgIpc) is 2.29. The van der Waals surface area contributed by atoms with Gasteiger partial charge in [0.25, 0.3) is 5.91 Å². The van der Waals surface area contributed by atoms with Gasteiger partial charge >= 0.3 is 0 Å². The van der Waals surface area contributed by atoms with E-state index in [1.54, 1.807) is 24.5 Å². The van der Waals surface area contributed by atoms with E-state index in [1.165, 1.54) is 0 Å². The Hall–Kier alpha value is -0.840. The lowest BCUT2D eigenvalue weighted by atomic mass is 9.90. The topological polar surface area (TPSA) is 68.0 Å². The third kappa shape index (κ3) is 6.76. The zero-order valence-corrected chi connectivity index (χ0v) is 13.2. The van der Waals surface area contributed by atoms with Gasteiger partial charge in [0.15, 0.2) is 0 Å². The third-order valence-electron chi connectivity index (χ3n) is 2.67. The first kappa shape index (κ1) is 20.5. The first-order valence-electron chi connectivity index (χ1n) is 5.89. The minimum atomic E-state index is -0.353. The predicted molar refractivity (Wildman–Crippen MR) is 83.1 cm³/mol. The maximum absolute atomic E-state index is 12.0. The molecule has 1 unspecified atom stereocenters. The monoisotopic (exact) mass is 307 g/mol. The van der Waals surface area contributed by atoms with E-state index < -0.39 is 0 Å². The minimum Gasteiger partial charge on any atom is -0.346 e. The van der Waals surface area contributed by atoms with Crippen molar-refractivity contribution in [1.82, 2.24) is 10.3 Å². The number of carbonyl (C=O) groups excluding carboxylic acids is 1. The maximum atomic E-state index is 12.0. The molecule has 0 saturated heterocycles. The van der Waals surface area contributed by atoms with Crippen LogP contribution in [0, 0.1) is 5.92 Å². The number of halogens is 2. The zero-order chi connectivity index (χ0) is 12.9. The summed E-state index contributed by atoms with van der Waals surface area (Å²) in [6, 6.07) is 3.39. The molecule has 110 valence electrons. The van der Waals surface area contributed by atoms with Crippen LogP contribution in [0.1, 0.15) is 37.6 Å². The molecule has 1 amide bonds. The molecule has 0 radical (unpaired) electrons. The van der Waals surface area contributed by atoms with Gasteiger partial charge in [0.05, 0.1) is 0 Å². The first-order valence-corrected chi connectivity index (χ1v) is 5.89. The number of carbonyl (C=O) groups is 1. The number of nitrogens with zero attached hydrogens (tertiary/aromatic N) is 1. The second-order valence-corrected chi connectivity index (χ2v) is 5.05. The van der Waals surface area contributed by atoms with E-state index in [-0.39, 0.29) is 36.3 Å². The molecule has 0 fully saturated rings. The summed E-state index contributed by atoms with van der Waals surface area (Å²) in [5.41, 5.74) is 6.02. The molecular formula is C13H23Cl2N3O. The molecule has 1 heterocycles. The van der Waals surface area contributed by atoms with Crippen LogP contribution in [-0.2, 0) is 0 Å². The molecule has 0 aliphatic carbocycles. The summed E-state index contributed by atoms with van der Waals surface area (Å²) in [6.07, 6.45) is 4.08. The van der Waals surface area contributed by atoms with Crippen molar-refractivity contribution in [3.05, 3.63) is 30.1 Å². The van der Waals surface area contributed by atoms with Crippen LogP contribution in [0.5, 0.6) is 0 Å². The Labute approximate surface area is 127 Å². The van der Waals surface area contributed by atoms with Crippen molar-refractivity contribution in [2.24, 2.45) is 11.7 Å². The number of hydrogen-bond acceptors (Lipinski definition) is 3. The molecule has 6 heteroatoms. The molecule has 0 aromatic carbocycles. The molecule has 19 heavy (non-hydrogen) atoms. The Bertz CT molecular complexity index is 373. The molecule has 0 spiro atoms. The standard InChI is InChI=1S/C13H21N3O.2ClH/c1-10(2)8-13(3,9-14)16-12(17)11-4-6-15-7-5-11;;/h4-7,10H,8-9,14H2,1-3H3,(H,16,17);2*1H. The van der Waals surface area contributed by atoms with E-state index in [2.05, 4.69) is 24.1 Å². The number of rotatable bonds is 5. The van der Waals surface area contributed by atoms with Gasteiger partial charge in [0.2, 0.25) is 0 Å². The molecule has 3 N–H and O–H groups in total. The van der Waals surface area contributed by atoms with Crippen molar-refractivity contribution in [3.63, 3.8) is 0 Å². The predicted octanol–water partition coefficient (Wildman–Crippen LogP) is 2.42. The van der Waals surface area contributed by atoms with Crippen LogP contribution in [0.4, 0.5) is 0 Å². The third-order valence-corrected chi connectivity index (χ3v) is 2.67. The lowest BCUT2D eigenvalue weighted by Crippen LogP contribution is -2.52. The number of nitrogens with one attached hydrogen (secondary N) is 1. The lowest BCUT2D eigenvalue weighted by Gasteiger charge is -2.31. The van der Waals surface area contributed by atoms with Crippen LogP contribution < -0.4 is 11.1 Å². The molecule has 0 bridgehead atoms. The van der Waals surface area contributed by atoms with Gasteiger partial charge in [-0.2, -0.15) is 0 Å². The molecule has 1 rings (SSSR count). The van der Waals surface area contributed by atoms with Crippen LogP contribution in [-0.4, -0.2) is 23.0 Å². The summed E-state index contributed by atoms with van der Waals surface area (Å²) in [7, 11) is 0. The summed E-state index contributed by atoms with van der Waals surface area (Å²) < 4.78 is 0. The molecule has 1 aromatic heterocycles. The number of nitrogens with two attached hydrogens (primary N) is 1. The van der Waals surface area contributed by atoms with Crippen molar-refractivity contribution < 1.29 is 4.79 Å². The Morgan fingerprint density at radius 2 is 1.89 bits per heavy atom. The summed E-state index contributed by atoms with van der Waals surface area (Å²) in [5, 5.41) is 3.00. The largest absolute Gasteiger partial charge is 0.346 e. The minimum absolute atomic E-state index is 0. The van der Waals surface area contributed by atoms with Gasteiger partial charge in [-0.25, -0.2) is 0 Å². The number of hydrogen-bond donors (Lipinski definition) is 2. The van der Waals surface area contributed by atoms with Crippen molar-refractivity contribution in [2.75, 3.05) is 6.54 Å². The average molecular weight is 308 g/mol. The fraction of sp³-hybridized carbons (Fsp3) is 0.538. The highest BCUT2D eigenvalue weighted by molar-refractivity contribution is 5.94. The number of aromatic nitrogens is 1. The summed E-state index contributed by atoms with van der Waals surface area (Å²) in [4.78, 5) is 15.9.